The van der Waals surface area contributed by atoms with Crippen LogP contribution in [0.15, 0.2) is 18.2 Å². The minimum absolute atomic E-state index is 0.125. The van der Waals surface area contributed by atoms with Gasteiger partial charge in [-0.2, -0.15) is 0 Å². The van der Waals surface area contributed by atoms with Crippen LogP contribution < -0.4 is 5.32 Å². The van der Waals surface area contributed by atoms with E-state index >= 15 is 0 Å². The molecule has 1 fully saturated rings. The molecule has 100 valence electrons. The molecule has 0 radical (unpaired) electrons. The van der Waals surface area contributed by atoms with Gasteiger partial charge in [0.15, 0.2) is 0 Å². The van der Waals surface area contributed by atoms with Crippen LogP contribution in [-0.4, -0.2) is 6.54 Å². The molecule has 1 aromatic rings. The molecule has 2 rings (SSSR count). The third kappa shape index (κ3) is 2.59. The fourth-order valence-corrected chi connectivity index (χ4v) is 3.33. The Bertz CT molecular complexity index is 408. The van der Waals surface area contributed by atoms with E-state index in [1.54, 1.807) is 12.1 Å². The molecule has 1 saturated carbocycles. The van der Waals surface area contributed by atoms with Crippen molar-refractivity contribution in [1.82, 2.24) is 5.32 Å². The molecule has 0 amide bonds. The van der Waals surface area contributed by atoms with Gasteiger partial charge >= 0.3 is 0 Å². The van der Waals surface area contributed by atoms with E-state index in [1.807, 2.05) is 6.07 Å². The Morgan fingerprint density at radius 1 is 1.33 bits per heavy atom. The van der Waals surface area contributed by atoms with E-state index < -0.39 is 0 Å². The van der Waals surface area contributed by atoms with Crippen LogP contribution in [0.3, 0.4) is 0 Å². The smallest absolute Gasteiger partial charge is 0.123 e. The molecule has 1 aromatic carbocycles. The molecule has 18 heavy (non-hydrogen) atoms. The van der Waals surface area contributed by atoms with E-state index in [0.717, 1.165) is 12.1 Å². The summed E-state index contributed by atoms with van der Waals surface area (Å²) in [6.07, 6.45) is 5.07. The van der Waals surface area contributed by atoms with Crippen LogP contribution in [-0.2, 0) is 0 Å². The van der Waals surface area contributed by atoms with Crippen molar-refractivity contribution >= 4 is 0 Å². The minimum Gasteiger partial charge on any atom is -0.310 e. The fourth-order valence-electron chi connectivity index (χ4n) is 3.33. The van der Waals surface area contributed by atoms with Gasteiger partial charge in [0.1, 0.15) is 5.82 Å². The number of hydrogen-bond donors (Lipinski definition) is 1. The van der Waals surface area contributed by atoms with E-state index in [4.69, 9.17) is 0 Å². The normalized spacial score (nSPS) is 20.0. The van der Waals surface area contributed by atoms with Crippen molar-refractivity contribution in [2.75, 3.05) is 6.54 Å². The number of aryl methyl sites for hydroxylation is 1. The number of rotatable bonds is 4. The summed E-state index contributed by atoms with van der Waals surface area (Å²) in [6, 6.07) is 5.44. The highest BCUT2D eigenvalue weighted by Crippen LogP contribution is 2.47. The Labute approximate surface area is 110 Å². The molecule has 1 N–H and O–H groups in total. The molecular weight excluding hydrogens is 225 g/mol. The van der Waals surface area contributed by atoms with E-state index in [9.17, 15) is 4.39 Å². The topological polar surface area (TPSA) is 12.0 Å². The summed E-state index contributed by atoms with van der Waals surface area (Å²) in [6.45, 7) is 7.48. The van der Waals surface area contributed by atoms with Crippen LogP contribution in [0.4, 0.5) is 4.39 Å². The van der Waals surface area contributed by atoms with Crippen LogP contribution in [0.5, 0.6) is 0 Å². The molecule has 0 aromatic heterocycles. The molecule has 2 heteroatoms. The van der Waals surface area contributed by atoms with Gasteiger partial charge < -0.3 is 5.32 Å². The molecule has 0 spiro atoms. The summed E-state index contributed by atoms with van der Waals surface area (Å²) in [5.74, 6) is -0.125. The van der Waals surface area contributed by atoms with Crippen molar-refractivity contribution in [2.24, 2.45) is 5.41 Å². The number of benzene rings is 1. The lowest BCUT2D eigenvalue weighted by atomic mass is 9.76. The molecule has 1 unspecified atom stereocenters. The summed E-state index contributed by atoms with van der Waals surface area (Å²) in [5, 5.41) is 3.58. The summed E-state index contributed by atoms with van der Waals surface area (Å²) in [4.78, 5) is 0. The lowest BCUT2D eigenvalue weighted by molar-refractivity contribution is 0.225. The van der Waals surface area contributed by atoms with Crippen LogP contribution in [0.2, 0.25) is 0 Å². The first kappa shape index (κ1) is 13.5. The molecule has 0 bridgehead atoms. The molecule has 0 aliphatic heterocycles. The van der Waals surface area contributed by atoms with Crippen molar-refractivity contribution in [3.05, 3.63) is 35.1 Å². The van der Waals surface area contributed by atoms with Crippen molar-refractivity contribution in [1.29, 1.82) is 0 Å². The van der Waals surface area contributed by atoms with Gasteiger partial charge in [-0.25, -0.2) is 4.39 Å². The SMILES string of the molecule is CCNC(c1cc(F)ccc1C)C1(C)CCCC1. The quantitative estimate of drug-likeness (QED) is 0.835. The summed E-state index contributed by atoms with van der Waals surface area (Å²) < 4.78 is 13.5. The Hall–Kier alpha value is -0.890. The van der Waals surface area contributed by atoms with Crippen LogP contribution >= 0.6 is 0 Å². The van der Waals surface area contributed by atoms with Crippen LogP contribution in [0.1, 0.15) is 56.7 Å². The molecule has 1 aliphatic carbocycles. The fraction of sp³-hybridized carbons (Fsp3) is 0.625. The van der Waals surface area contributed by atoms with Gasteiger partial charge in [-0.15, -0.1) is 0 Å². The first-order valence-electron chi connectivity index (χ1n) is 7.06. The zero-order valence-corrected chi connectivity index (χ0v) is 11.7. The Kier molecular flexibility index (Phi) is 4.06. The lowest BCUT2D eigenvalue weighted by Crippen LogP contribution is -2.35. The zero-order chi connectivity index (χ0) is 13.2. The number of halogens is 1. The van der Waals surface area contributed by atoms with E-state index in [2.05, 4.69) is 26.1 Å². The highest BCUT2D eigenvalue weighted by molar-refractivity contribution is 5.31. The van der Waals surface area contributed by atoms with Gasteiger partial charge in [0, 0.05) is 6.04 Å². The standard InChI is InChI=1S/C16H24FN/c1-4-18-15(16(3)9-5-6-10-16)14-11-13(17)8-7-12(14)2/h7-8,11,15,18H,4-6,9-10H2,1-3H3. The summed E-state index contributed by atoms with van der Waals surface area (Å²) in [5.41, 5.74) is 2.60. The van der Waals surface area contributed by atoms with Gasteiger partial charge in [-0.1, -0.05) is 32.8 Å². The molecule has 0 saturated heterocycles. The zero-order valence-electron chi connectivity index (χ0n) is 11.7. The molecule has 1 atom stereocenters. The maximum Gasteiger partial charge on any atom is 0.123 e. The first-order valence-corrected chi connectivity index (χ1v) is 7.06. The average Bonchev–Trinajstić information content (AvgIpc) is 2.77. The van der Waals surface area contributed by atoms with Gasteiger partial charge in [0.2, 0.25) is 0 Å². The Morgan fingerprint density at radius 2 is 2.00 bits per heavy atom. The van der Waals surface area contributed by atoms with Crippen molar-refractivity contribution < 1.29 is 4.39 Å². The minimum atomic E-state index is -0.125. The predicted molar refractivity (Wildman–Crippen MR) is 74.1 cm³/mol. The maximum atomic E-state index is 13.5. The lowest BCUT2D eigenvalue weighted by Gasteiger charge is -2.36. The molecule has 1 aliphatic rings. The van der Waals surface area contributed by atoms with Crippen molar-refractivity contribution in [2.45, 2.75) is 52.5 Å². The van der Waals surface area contributed by atoms with E-state index in [-0.39, 0.29) is 17.3 Å². The average molecular weight is 249 g/mol. The van der Waals surface area contributed by atoms with Crippen molar-refractivity contribution in [3.8, 4) is 0 Å². The second-order valence-corrected chi connectivity index (χ2v) is 5.85. The first-order chi connectivity index (χ1) is 8.57. The van der Waals surface area contributed by atoms with E-state index in [0.29, 0.717) is 0 Å². The van der Waals surface area contributed by atoms with Crippen LogP contribution in [0.25, 0.3) is 0 Å². The van der Waals surface area contributed by atoms with Gasteiger partial charge in [0.25, 0.3) is 0 Å². The Morgan fingerprint density at radius 3 is 2.61 bits per heavy atom. The summed E-state index contributed by atoms with van der Waals surface area (Å²) >= 11 is 0. The second-order valence-electron chi connectivity index (χ2n) is 5.85. The third-order valence-corrected chi connectivity index (χ3v) is 4.40. The van der Waals surface area contributed by atoms with Gasteiger partial charge in [-0.05, 0) is 55.0 Å². The Balaban J connectivity index is 2.37. The molecular formula is C16H24FN. The number of hydrogen-bond acceptors (Lipinski definition) is 1. The third-order valence-electron chi connectivity index (χ3n) is 4.40. The molecule has 1 nitrogen and oxygen atoms in total. The second kappa shape index (κ2) is 5.40. The maximum absolute atomic E-state index is 13.5. The number of nitrogens with one attached hydrogen (secondary N) is 1. The highest BCUT2D eigenvalue weighted by atomic mass is 19.1. The monoisotopic (exact) mass is 249 g/mol. The molecule has 0 heterocycles. The predicted octanol–water partition coefficient (Wildman–Crippen LogP) is 4.37. The largest absolute Gasteiger partial charge is 0.310 e. The van der Waals surface area contributed by atoms with Crippen LogP contribution in [0, 0.1) is 18.2 Å². The summed E-state index contributed by atoms with van der Waals surface area (Å²) in [7, 11) is 0. The van der Waals surface area contributed by atoms with Gasteiger partial charge in [0.05, 0.1) is 0 Å². The highest BCUT2D eigenvalue weighted by Gasteiger charge is 2.38. The van der Waals surface area contributed by atoms with E-state index in [1.165, 1.54) is 31.2 Å². The van der Waals surface area contributed by atoms with Crippen molar-refractivity contribution in [3.63, 3.8) is 0 Å². The van der Waals surface area contributed by atoms with Gasteiger partial charge in [-0.3, -0.25) is 0 Å².